The van der Waals surface area contributed by atoms with E-state index >= 15 is 0 Å². The zero-order valence-electron chi connectivity index (χ0n) is 15.3. The molecule has 8 heteroatoms. The minimum Gasteiger partial charge on any atom is -0.451 e. The maximum atomic E-state index is 12.3. The molecule has 0 aromatic carbocycles. The third kappa shape index (κ3) is 4.80. The van der Waals surface area contributed by atoms with Gasteiger partial charge in [0.1, 0.15) is 6.54 Å². The van der Waals surface area contributed by atoms with Gasteiger partial charge in [-0.05, 0) is 33.6 Å². The van der Waals surface area contributed by atoms with E-state index in [0.717, 1.165) is 25.0 Å². The van der Waals surface area contributed by atoms with E-state index in [4.69, 9.17) is 4.74 Å². The van der Waals surface area contributed by atoms with Crippen LogP contribution >= 0.6 is 0 Å². The Balaban J connectivity index is 1.89. The smallest absolute Gasteiger partial charge is 0.326 e. The lowest BCUT2D eigenvalue weighted by Crippen LogP contribution is -2.38. The zero-order valence-corrected chi connectivity index (χ0v) is 15.3. The van der Waals surface area contributed by atoms with Crippen LogP contribution in [-0.2, 0) is 26.2 Å². The fourth-order valence-electron chi connectivity index (χ4n) is 2.83. The summed E-state index contributed by atoms with van der Waals surface area (Å²) in [5, 5.41) is 6.98. The minimum atomic E-state index is -0.950. The molecule has 0 unspecified atom stereocenters. The molecular weight excluding hydrogens is 324 g/mol. The molecule has 25 heavy (non-hydrogen) atoms. The van der Waals surface area contributed by atoms with Crippen LogP contribution < -0.4 is 5.32 Å². The maximum Gasteiger partial charge on any atom is 0.326 e. The van der Waals surface area contributed by atoms with E-state index in [1.54, 1.807) is 18.7 Å². The van der Waals surface area contributed by atoms with Crippen molar-refractivity contribution in [3.05, 3.63) is 11.4 Å². The van der Waals surface area contributed by atoms with Crippen molar-refractivity contribution >= 4 is 23.5 Å². The summed E-state index contributed by atoms with van der Waals surface area (Å²) in [5.74, 6) is -1.03. The van der Waals surface area contributed by atoms with E-state index in [0.29, 0.717) is 24.3 Å². The molecule has 1 aromatic heterocycles. The van der Waals surface area contributed by atoms with Crippen LogP contribution in [0.15, 0.2) is 0 Å². The number of anilines is 1. The molecule has 2 rings (SSSR count). The van der Waals surface area contributed by atoms with Crippen LogP contribution in [0, 0.1) is 13.8 Å². The lowest BCUT2D eigenvalue weighted by Gasteiger charge is -2.20. The van der Waals surface area contributed by atoms with Gasteiger partial charge in [0.25, 0.3) is 5.91 Å². The summed E-state index contributed by atoms with van der Waals surface area (Å²) in [6.07, 6.45) is 2.23. The second-order valence-electron chi connectivity index (χ2n) is 6.42. The van der Waals surface area contributed by atoms with Crippen LogP contribution in [-0.4, -0.2) is 51.7 Å². The van der Waals surface area contributed by atoms with E-state index in [2.05, 4.69) is 10.4 Å². The Bertz CT molecular complexity index is 668. The number of carbonyl (C=O) groups excluding carboxylic acids is 3. The van der Waals surface area contributed by atoms with E-state index in [9.17, 15) is 14.4 Å². The van der Waals surface area contributed by atoms with Gasteiger partial charge in [-0.15, -0.1) is 0 Å². The number of esters is 1. The molecule has 0 saturated carbocycles. The van der Waals surface area contributed by atoms with Crippen LogP contribution in [0.4, 0.5) is 5.69 Å². The third-order valence-corrected chi connectivity index (χ3v) is 4.43. The first-order valence-corrected chi connectivity index (χ1v) is 8.58. The van der Waals surface area contributed by atoms with E-state index in [-0.39, 0.29) is 12.5 Å². The molecule has 0 radical (unpaired) electrons. The van der Waals surface area contributed by atoms with Crippen molar-refractivity contribution in [1.29, 1.82) is 0 Å². The molecule has 0 aliphatic carbocycles. The van der Waals surface area contributed by atoms with Gasteiger partial charge in [-0.1, -0.05) is 6.42 Å². The maximum absolute atomic E-state index is 12.3. The van der Waals surface area contributed by atoms with Crippen molar-refractivity contribution in [2.45, 2.75) is 52.6 Å². The van der Waals surface area contributed by atoms with Crippen molar-refractivity contribution in [1.82, 2.24) is 14.7 Å². The van der Waals surface area contributed by atoms with Crippen LogP contribution in [0.1, 0.15) is 44.0 Å². The predicted molar refractivity (Wildman–Crippen MR) is 91.9 cm³/mol. The van der Waals surface area contributed by atoms with Crippen molar-refractivity contribution < 1.29 is 19.1 Å². The molecule has 8 nitrogen and oxygen atoms in total. The molecule has 1 saturated heterocycles. The third-order valence-electron chi connectivity index (χ3n) is 4.43. The highest BCUT2D eigenvalue weighted by Crippen LogP contribution is 2.18. The van der Waals surface area contributed by atoms with Crippen LogP contribution in [0.2, 0.25) is 0 Å². The van der Waals surface area contributed by atoms with Gasteiger partial charge in [-0.2, -0.15) is 5.10 Å². The largest absolute Gasteiger partial charge is 0.451 e. The van der Waals surface area contributed by atoms with Crippen molar-refractivity contribution in [2.75, 3.05) is 18.4 Å². The highest BCUT2D eigenvalue weighted by Gasteiger charge is 2.24. The number of nitrogens with one attached hydrogen (secondary N) is 1. The summed E-state index contributed by atoms with van der Waals surface area (Å²) in [6, 6.07) is 0. The summed E-state index contributed by atoms with van der Waals surface area (Å²) >= 11 is 0. The Hall–Kier alpha value is -2.38. The van der Waals surface area contributed by atoms with Gasteiger partial charge in [0.05, 0.1) is 17.1 Å². The first kappa shape index (κ1) is 19.0. The molecule has 1 fully saturated rings. The topological polar surface area (TPSA) is 93.5 Å². The molecule has 1 aromatic rings. The summed E-state index contributed by atoms with van der Waals surface area (Å²) < 4.78 is 6.86. The average Bonchev–Trinajstić information content (AvgIpc) is 2.70. The number of carbonyl (C=O) groups is 3. The second-order valence-corrected chi connectivity index (χ2v) is 6.42. The predicted octanol–water partition coefficient (Wildman–Crippen LogP) is 1.31. The highest BCUT2D eigenvalue weighted by atomic mass is 16.5. The summed E-state index contributed by atoms with van der Waals surface area (Å²) in [4.78, 5) is 37.8. The van der Waals surface area contributed by atoms with Gasteiger partial charge in [0, 0.05) is 20.0 Å². The molecule has 2 heterocycles. The van der Waals surface area contributed by atoms with Crippen molar-refractivity contribution in [2.24, 2.45) is 7.05 Å². The molecule has 0 spiro atoms. The SMILES string of the molecule is Cc1nn(C)c(C)c1NC(=O)[C@H](C)OC(=O)CN1CCCCCC1=O. The number of hydrogen-bond acceptors (Lipinski definition) is 5. The van der Waals surface area contributed by atoms with E-state index in [1.165, 1.54) is 11.8 Å². The van der Waals surface area contributed by atoms with Crippen molar-refractivity contribution in [3.8, 4) is 0 Å². The van der Waals surface area contributed by atoms with Gasteiger partial charge >= 0.3 is 5.97 Å². The van der Waals surface area contributed by atoms with Gasteiger partial charge in [0.15, 0.2) is 6.10 Å². The summed E-state index contributed by atoms with van der Waals surface area (Å²) in [6.45, 7) is 5.60. The average molecular weight is 350 g/mol. The Morgan fingerprint density at radius 1 is 1.28 bits per heavy atom. The Labute approximate surface area is 147 Å². The standard InChI is InChI=1S/C17H26N4O4/c1-11-16(12(2)20(4)19-11)18-17(24)13(3)25-15(23)10-21-9-7-5-6-8-14(21)22/h13H,5-10H2,1-4H3,(H,18,24)/t13-/m0/s1. The zero-order chi connectivity index (χ0) is 18.6. The Morgan fingerprint density at radius 3 is 2.64 bits per heavy atom. The number of aromatic nitrogens is 2. The number of nitrogens with zero attached hydrogens (tertiary/aromatic N) is 3. The number of aryl methyl sites for hydroxylation is 2. The fourth-order valence-corrected chi connectivity index (χ4v) is 2.83. The molecule has 1 aliphatic rings. The first-order chi connectivity index (χ1) is 11.8. The summed E-state index contributed by atoms with van der Waals surface area (Å²) in [7, 11) is 1.79. The molecule has 2 amide bonds. The van der Waals surface area contributed by atoms with Crippen molar-refractivity contribution in [3.63, 3.8) is 0 Å². The molecule has 1 atom stereocenters. The van der Waals surface area contributed by atoms with Crippen LogP contribution in [0.5, 0.6) is 0 Å². The Kier molecular flexibility index (Phi) is 6.17. The van der Waals surface area contributed by atoms with Gasteiger partial charge in [-0.3, -0.25) is 19.1 Å². The van der Waals surface area contributed by atoms with Gasteiger partial charge < -0.3 is 15.0 Å². The lowest BCUT2D eigenvalue weighted by molar-refractivity contribution is -0.156. The first-order valence-electron chi connectivity index (χ1n) is 8.58. The number of likely N-dealkylation sites (tertiary alicyclic amines) is 1. The molecular formula is C17H26N4O4. The second kappa shape index (κ2) is 8.13. The highest BCUT2D eigenvalue weighted by molar-refractivity contribution is 5.96. The normalized spacial score (nSPS) is 16.3. The number of amides is 2. The van der Waals surface area contributed by atoms with Crippen LogP contribution in [0.25, 0.3) is 0 Å². The Morgan fingerprint density at radius 2 is 2.00 bits per heavy atom. The van der Waals surface area contributed by atoms with Gasteiger partial charge in [-0.25, -0.2) is 0 Å². The van der Waals surface area contributed by atoms with E-state index < -0.39 is 18.0 Å². The molecule has 138 valence electrons. The fraction of sp³-hybridized carbons (Fsp3) is 0.647. The number of ether oxygens (including phenoxy) is 1. The monoisotopic (exact) mass is 350 g/mol. The lowest BCUT2D eigenvalue weighted by atomic mass is 10.2. The van der Waals surface area contributed by atoms with Crippen LogP contribution in [0.3, 0.4) is 0 Å². The number of hydrogen-bond donors (Lipinski definition) is 1. The number of rotatable bonds is 5. The van der Waals surface area contributed by atoms with Gasteiger partial charge in [0.2, 0.25) is 5.91 Å². The molecule has 1 N–H and O–H groups in total. The minimum absolute atomic E-state index is 0.0341. The quantitative estimate of drug-likeness (QED) is 0.808. The molecule has 0 bridgehead atoms. The van der Waals surface area contributed by atoms with E-state index in [1.807, 2.05) is 6.92 Å². The molecule has 1 aliphatic heterocycles. The summed E-state index contributed by atoms with van der Waals surface area (Å²) in [5.41, 5.74) is 2.14.